The van der Waals surface area contributed by atoms with E-state index in [1.165, 1.54) is 5.69 Å². The Kier molecular flexibility index (Phi) is 3.10. The topological polar surface area (TPSA) is 29.9 Å². The monoisotopic (exact) mass is 234 g/mol. The molecule has 0 bridgehead atoms. The van der Waals surface area contributed by atoms with Gasteiger partial charge in [-0.1, -0.05) is 6.92 Å². The van der Waals surface area contributed by atoms with Gasteiger partial charge in [-0.3, -0.25) is 4.57 Å². The third kappa shape index (κ3) is 1.88. The summed E-state index contributed by atoms with van der Waals surface area (Å²) in [5.74, 6) is 0.851. The molecule has 0 atom stereocenters. The van der Waals surface area contributed by atoms with E-state index in [-0.39, 0.29) is 0 Å². The predicted octanol–water partition coefficient (Wildman–Crippen LogP) is 3.11. The van der Waals surface area contributed by atoms with E-state index in [9.17, 15) is 0 Å². The summed E-state index contributed by atoms with van der Waals surface area (Å²) in [6, 6.07) is 7.87. The first kappa shape index (κ1) is 11.0. The number of aromatic amines is 1. The molecule has 0 fully saturated rings. The van der Waals surface area contributed by atoms with Gasteiger partial charge in [0.05, 0.1) is 7.11 Å². The third-order valence-corrected chi connectivity index (χ3v) is 2.85. The Bertz CT molecular complexity index is 525. The number of H-pyrrole nitrogens is 1. The number of hydrogen-bond acceptors (Lipinski definition) is 2. The van der Waals surface area contributed by atoms with Gasteiger partial charge < -0.3 is 9.72 Å². The van der Waals surface area contributed by atoms with Crippen LogP contribution in [0.2, 0.25) is 0 Å². The van der Waals surface area contributed by atoms with Gasteiger partial charge in [-0.15, -0.1) is 0 Å². The zero-order valence-electron chi connectivity index (χ0n) is 9.36. The summed E-state index contributed by atoms with van der Waals surface area (Å²) in [5, 5.41) is 0. The summed E-state index contributed by atoms with van der Waals surface area (Å²) in [5.41, 5.74) is 2.24. The molecule has 0 unspecified atom stereocenters. The molecule has 1 N–H and O–H groups in total. The van der Waals surface area contributed by atoms with E-state index in [1.807, 2.05) is 35.0 Å². The van der Waals surface area contributed by atoms with Crippen LogP contribution in [0.25, 0.3) is 5.69 Å². The Morgan fingerprint density at radius 3 is 2.56 bits per heavy atom. The Morgan fingerprint density at radius 1 is 1.31 bits per heavy atom. The summed E-state index contributed by atoms with van der Waals surface area (Å²) in [6.07, 6.45) is 2.89. The Morgan fingerprint density at radius 2 is 2.00 bits per heavy atom. The lowest BCUT2D eigenvalue weighted by Crippen LogP contribution is -1.98. The molecule has 3 nitrogen and oxygen atoms in total. The van der Waals surface area contributed by atoms with E-state index in [0.717, 1.165) is 22.6 Å². The van der Waals surface area contributed by atoms with E-state index < -0.39 is 0 Å². The van der Waals surface area contributed by atoms with Gasteiger partial charge in [-0.25, -0.2) is 0 Å². The van der Waals surface area contributed by atoms with Crippen LogP contribution >= 0.6 is 12.2 Å². The van der Waals surface area contributed by atoms with Crippen molar-refractivity contribution >= 4 is 12.2 Å². The molecule has 0 spiro atoms. The molecule has 4 heteroatoms. The zero-order valence-corrected chi connectivity index (χ0v) is 10.2. The number of ether oxygens (including phenoxy) is 1. The van der Waals surface area contributed by atoms with Gasteiger partial charge >= 0.3 is 0 Å². The van der Waals surface area contributed by atoms with Gasteiger partial charge in [0.1, 0.15) is 5.75 Å². The number of aryl methyl sites for hydroxylation is 1. The standard InChI is InChI=1S/C12H14N2OS/c1-3-9-8-13-12(16)14(9)10-4-6-11(15-2)7-5-10/h4-8H,3H2,1-2H3,(H,13,16). The molecule has 1 aromatic heterocycles. The Balaban J connectivity index is 2.49. The van der Waals surface area contributed by atoms with Crippen LogP contribution < -0.4 is 4.74 Å². The van der Waals surface area contributed by atoms with E-state index in [0.29, 0.717) is 0 Å². The summed E-state index contributed by atoms with van der Waals surface area (Å²) in [7, 11) is 1.66. The summed E-state index contributed by atoms with van der Waals surface area (Å²) >= 11 is 5.26. The minimum absolute atomic E-state index is 0.724. The molecule has 2 aromatic rings. The van der Waals surface area contributed by atoms with Crippen molar-refractivity contribution in [3.05, 3.63) is 40.9 Å². The molecule has 0 saturated carbocycles. The van der Waals surface area contributed by atoms with E-state index in [4.69, 9.17) is 17.0 Å². The lowest BCUT2D eigenvalue weighted by molar-refractivity contribution is 0.414. The molecule has 16 heavy (non-hydrogen) atoms. The lowest BCUT2D eigenvalue weighted by atomic mass is 10.3. The van der Waals surface area contributed by atoms with E-state index in [1.54, 1.807) is 7.11 Å². The van der Waals surface area contributed by atoms with E-state index in [2.05, 4.69) is 11.9 Å². The van der Waals surface area contributed by atoms with Gasteiger partial charge in [-0.2, -0.15) is 0 Å². The molecule has 0 aliphatic heterocycles. The molecule has 0 saturated heterocycles. The van der Waals surface area contributed by atoms with Gasteiger partial charge in [0, 0.05) is 17.6 Å². The predicted molar refractivity (Wildman–Crippen MR) is 66.9 cm³/mol. The number of rotatable bonds is 3. The number of hydrogen-bond donors (Lipinski definition) is 1. The van der Waals surface area contributed by atoms with Crippen LogP contribution in [0.15, 0.2) is 30.5 Å². The molecular formula is C12H14N2OS. The van der Waals surface area contributed by atoms with Crippen LogP contribution in [0, 0.1) is 4.77 Å². The molecular weight excluding hydrogens is 220 g/mol. The molecule has 84 valence electrons. The van der Waals surface area contributed by atoms with Crippen molar-refractivity contribution in [1.29, 1.82) is 0 Å². The van der Waals surface area contributed by atoms with Crippen molar-refractivity contribution in [1.82, 2.24) is 9.55 Å². The SMILES string of the molecule is CCc1c[nH]c(=S)n1-c1ccc(OC)cc1. The van der Waals surface area contributed by atoms with Gasteiger partial charge in [0.2, 0.25) is 0 Å². The number of methoxy groups -OCH3 is 1. The van der Waals surface area contributed by atoms with Crippen molar-refractivity contribution in [2.45, 2.75) is 13.3 Å². The molecule has 1 aromatic carbocycles. The summed E-state index contributed by atoms with van der Waals surface area (Å²) < 4.78 is 7.89. The second-order valence-corrected chi connectivity index (χ2v) is 3.86. The first-order valence-electron chi connectivity index (χ1n) is 5.20. The second kappa shape index (κ2) is 4.53. The highest BCUT2D eigenvalue weighted by Crippen LogP contribution is 2.17. The summed E-state index contributed by atoms with van der Waals surface area (Å²) in [4.78, 5) is 3.06. The fourth-order valence-electron chi connectivity index (χ4n) is 1.68. The molecule has 0 aliphatic rings. The smallest absolute Gasteiger partial charge is 0.182 e. The second-order valence-electron chi connectivity index (χ2n) is 3.47. The maximum Gasteiger partial charge on any atom is 0.182 e. The van der Waals surface area contributed by atoms with Crippen LogP contribution in [0.3, 0.4) is 0 Å². The highest BCUT2D eigenvalue weighted by atomic mass is 32.1. The lowest BCUT2D eigenvalue weighted by Gasteiger charge is -2.07. The maximum atomic E-state index is 5.26. The number of nitrogens with one attached hydrogen (secondary N) is 1. The average molecular weight is 234 g/mol. The van der Waals surface area contributed by atoms with Crippen LogP contribution in [-0.2, 0) is 6.42 Å². The number of nitrogens with zero attached hydrogens (tertiary/aromatic N) is 1. The Labute approximate surface area is 99.7 Å². The zero-order chi connectivity index (χ0) is 11.5. The largest absolute Gasteiger partial charge is 0.497 e. The van der Waals surface area contributed by atoms with Gasteiger partial charge in [0.25, 0.3) is 0 Å². The molecule has 1 heterocycles. The molecule has 0 amide bonds. The highest BCUT2D eigenvalue weighted by molar-refractivity contribution is 7.71. The first-order valence-corrected chi connectivity index (χ1v) is 5.60. The fraction of sp³-hybridized carbons (Fsp3) is 0.250. The first-order chi connectivity index (χ1) is 7.76. The van der Waals surface area contributed by atoms with Crippen LogP contribution in [0.4, 0.5) is 0 Å². The average Bonchev–Trinajstić information content (AvgIpc) is 2.70. The van der Waals surface area contributed by atoms with Gasteiger partial charge in [0.15, 0.2) is 4.77 Å². The van der Waals surface area contributed by atoms with Crippen molar-refractivity contribution < 1.29 is 4.74 Å². The minimum Gasteiger partial charge on any atom is -0.497 e. The molecule has 0 radical (unpaired) electrons. The van der Waals surface area contributed by atoms with Crippen molar-refractivity contribution in [2.24, 2.45) is 0 Å². The van der Waals surface area contributed by atoms with Crippen molar-refractivity contribution in [3.8, 4) is 11.4 Å². The number of imidazole rings is 1. The van der Waals surface area contributed by atoms with Crippen molar-refractivity contribution in [2.75, 3.05) is 7.11 Å². The quantitative estimate of drug-likeness (QED) is 0.827. The maximum absolute atomic E-state index is 5.26. The molecule has 2 rings (SSSR count). The highest BCUT2D eigenvalue weighted by Gasteiger charge is 2.04. The van der Waals surface area contributed by atoms with E-state index >= 15 is 0 Å². The number of benzene rings is 1. The number of aromatic nitrogens is 2. The molecule has 0 aliphatic carbocycles. The third-order valence-electron chi connectivity index (χ3n) is 2.55. The minimum atomic E-state index is 0.724. The fourth-order valence-corrected chi connectivity index (χ4v) is 1.96. The van der Waals surface area contributed by atoms with Gasteiger partial charge in [-0.05, 0) is 42.9 Å². The van der Waals surface area contributed by atoms with Crippen LogP contribution in [-0.4, -0.2) is 16.7 Å². The normalized spacial score (nSPS) is 10.4. The van der Waals surface area contributed by atoms with Crippen LogP contribution in [0.1, 0.15) is 12.6 Å². The van der Waals surface area contributed by atoms with Crippen LogP contribution in [0.5, 0.6) is 5.75 Å². The Hall–Kier alpha value is -1.55. The van der Waals surface area contributed by atoms with Crippen molar-refractivity contribution in [3.63, 3.8) is 0 Å². The summed E-state index contributed by atoms with van der Waals surface area (Å²) in [6.45, 7) is 2.11.